The number of nitrogens with zero attached hydrogens (tertiary/aromatic N) is 2. The van der Waals surface area contributed by atoms with Crippen LogP contribution in [0.1, 0.15) is 21.7 Å². The first kappa shape index (κ1) is 20.2. The van der Waals surface area contributed by atoms with E-state index in [0.29, 0.717) is 17.1 Å². The van der Waals surface area contributed by atoms with Crippen molar-refractivity contribution in [3.63, 3.8) is 0 Å². The van der Waals surface area contributed by atoms with E-state index in [1.165, 1.54) is 48.9 Å². The normalized spacial score (nSPS) is 10.9. The standard InChI is InChI=1S/C21H15N3O6/c25-20(12-11-18-2-1-13-29-18)30-19-9-3-15(4-10-19)14-22-23-21(26)16-5-7-17(8-6-16)24(27)28/h1-14H,(H,23,26)/b12-11+,22-14+. The summed E-state index contributed by atoms with van der Waals surface area (Å²) in [4.78, 5) is 33.8. The maximum atomic E-state index is 12.0. The number of nitro groups is 1. The number of nitrogens with one attached hydrogen (secondary N) is 1. The second kappa shape index (κ2) is 9.60. The van der Waals surface area contributed by atoms with E-state index in [-0.39, 0.29) is 11.3 Å². The molecule has 0 saturated carbocycles. The van der Waals surface area contributed by atoms with Crippen LogP contribution in [-0.2, 0) is 4.79 Å². The lowest BCUT2D eigenvalue weighted by molar-refractivity contribution is -0.384. The summed E-state index contributed by atoms with van der Waals surface area (Å²) in [6.45, 7) is 0. The lowest BCUT2D eigenvalue weighted by Gasteiger charge is -2.02. The van der Waals surface area contributed by atoms with Crippen molar-refractivity contribution >= 4 is 29.9 Å². The van der Waals surface area contributed by atoms with Crippen LogP contribution in [0.25, 0.3) is 6.08 Å². The number of rotatable bonds is 7. The topological polar surface area (TPSA) is 124 Å². The first-order valence-corrected chi connectivity index (χ1v) is 8.62. The number of hydrazone groups is 1. The van der Waals surface area contributed by atoms with E-state index in [2.05, 4.69) is 10.5 Å². The molecule has 1 amide bonds. The fourth-order valence-electron chi connectivity index (χ4n) is 2.27. The highest BCUT2D eigenvalue weighted by molar-refractivity contribution is 5.95. The van der Waals surface area contributed by atoms with Gasteiger partial charge in [0.1, 0.15) is 11.5 Å². The van der Waals surface area contributed by atoms with Crippen molar-refractivity contribution in [1.82, 2.24) is 5.43 Å². The largest absolute Gasteiger partial charge is 0.465 e. The average molecular weight is 405 g/mol. The van der Waals surface area contributed by atoms with E-state index in [9.17, 15) is 19.7 Å². The quantitative estimate of drug-likeness (QED) is 0.160. The number of carbonyl (C=O) groups excluding carboxylic acids is 2. The van der Waals surface area contributed by atoms with Gasteiger partial charge in [0.05, 0.1) is 17.4 Å². The molecule has 0 radical (unpaired) electrons. The van der Waals surface area contributed by atoms with E-state index >= 15 is 0 Å². The molecule has 0 spiro atoms. The number of furan rings is 1. The molecule has 0 saturated heterocycles. The molecule has 0 aliphatic heterocycles. The fourth-order valence-corrected chi connectivity index (χ4v) is 2.27. The van der Waals surface area contributed by atoms with Crippen LogP contribution >= 0.6 is 0 Å². The van der Waals surface area contributed by atoms with Gasteiger partial charge in [0, 0.05) is 23.8 Å². The number of benzene rings is 2. The van der Waals surface area contributed by atoms with Crippen LogP contribution in [0.4, 0.5) is 5.69 Å². The lowest BCUT2D eigenvalue weighted by Crippen LogP contribution is -2.17. The minimum Gasteiger partial charge on any atom is -0.465 e. The Morgan fingerprint density at radius 2 is 1.80 bits per heavy atom. The van der Waals surface area contributed by atoms with Gasteiger partial charge in [-0.05, 0) is 60.2 Å². The zero-order valence-corrected chi connectivity index (χ0v) is 15.4. The highest BCUT2D eigenvalue weighted by Crippen LogP contribution is 2.13. The third-order valence-corrected chi connectivity index (χ3v) is 3.75. The zero-order chi connectivity index (χ0) is 21.3. The SMILES string of the molecule is O=C(/C=C/c1ccco1)Oc1ccc(/C=N/NC(=O)c2ccc([N+](=O)[O-])cc2)cc1. The van der Waals surface area contributed by atoms with Gasteiger partial charge < -0.3 is 9.15 Å². The van der Waals surface area contributed by atoms with Gasteiger partial charge in [0.15, 0.2) is 0 Å². The summed E-state index contributed by atoms with van der Waals surface area (Å²) in [5, 5.41) is 14.5. The molecule has 0 bridgehead atoms. The van der Waals surface area contributed by atoms with Crippen LogP contribution in [0, 0.1) is 10.1 Å². The maximum absolute atomic E-state index is 12.0. The third-order valence-electron chi connectivity index (χ3n) is 3.75. The predicted molar refractivity (Wildman–Crippen MR) is 108 cm³/mol. The summed E-state index contributed by atoms with van der Waals surface area (Å²) in [5.74, 6) is -0.177. The highest BCUT2D eigenvalue weighted by Gasteiger charge is 2.08. The molecule has 0 atom stereocenters. The lowest BCUT2D eigenvalue weighted by atomic mass is 10.2. The average Bonchev–Trinajstić information content (AvgIpc) is 3.27. The van der Waals surface area contributed by atoms with Crippen molar-refractivity contribution in [2.45, 2.75) is 0 Å². The predicted octanol–water partition coefficient (Wildman–Crippen LogP) is 3.57. The van der Waals surface area contributed by atoms with Gasteiger partial charge in [-0.1, -0.05) is 0 Å². The molecule has 2 aromatic carbocycles. The summed E-state index contributed by atoms with van der Waals surface area (Å²) >= 11 is 0. The molecule has 150 valence electrons. The van der Waals surface area contributed by atoms with Crippen molar-refractivity contribution < 1.29 is 23.7 Å². The second-order valence-corrected chi connectivity index (χ2v) is 5.84. The van der Waals surface area contributed by atoms with Crippen LogP contribution in [0.3, 0.4) is 0 Å². The number of esters is 1. The summed E-state index contributed by atoms with van der Waals surface area (Å²) in [7, 11) is 0. The molecule has 0 fully saturated rings. The van der Waals surface area contributed by atoms with E-state index in [1.54, 1.807) is 36.4 Å². The molecule has 3 rings (SSSR count). The fraction of sp³-hybridized carbons (Fsp3) is 0. The number of carbonyl (C=O) groups is 2. The van der Waals surface area contributed by atoms with E-state index in [0.717, 1.165) is 0 Å². The molecular weight excluding hydrogens is 390 g/mol. The molecule has 9 nitrogen and oxygen atoms in total. The van der Waals surface area contributed by atoms with Gasteiger partial charge in [-0.15, -0.1) is 0 Å². The first-order chi connectivity index (χ1) is 14.5. The van der Waals surface area contributed by atoms with Crippen LogP contribution < -0.4 is 10.2 Å². The van der Waals surface area contributed by atoms with Crippen molar-refractivity contribution in [3.05, 3.63) is 100 Å². The van der Waals surface area contributed by atoms with Crippen molar-refractivity contribution in [1.29, 1.82) is 0 Å². The summed E-state index contributed by atoms with van der Waals surface area (Å²) in [6.07, 6.45) is 5.66. The smallest absolute Gasteiger partial charge is 0.336 e. The van der Waals surface area contributed by atoms with E-state index in [4.69, 9.17) is 9.15 Å². The third kappa shape index (κ3) is 5.73. The summed E-state index contributed by atoms with van der Waals surface area (Å²) in [5.41, 5.74) is 3.12. The maximum Gasteiger partial charge on any atom is 0.336 e. The van der Waals surface area contributed by atoms with Gasteiger partial charge >= 0.3 is 5.97 Å². The number of hydrogen-bond acceptors (Lipinski definition) is 7. The van der Waals surface area contributed by atoms with E-state index in [1.807, 2.05) is 0 Å². The molecule has 0 unspecified atom stereocenters. The second-order valence-electron chi connectivity index (χ2n) is 5.84. The summed E-state index contributed by atoms with van der Waals surface area (Å²) < 4.78 is 10.2. The Kier molecular flexibility index (Phi) is 6.47. The molecule has 1 aromatic heterocycles. The highest BCUT2D eigenvalue weighted by atomic mass is 16.6. The molecular formula is C21H15N3O6. The number of nitro benzene ring substituents is 1. The van der Waals surface area contributed by atoms with Crippen molar-refractivity contribution in [2.24, 2.45) is 5.10 Å². The monoisotopic (exact) mass is 405 g/mol. The summed E-state index contributed by atoms with van der Waals surface area (Å²) in [6, 6.07) is 15.0. The van der Waals surface area contributed by atoms with Gasteiger partial charge in [-0.3, -0.25) is 14.9 Å². The Morgan fingerprint density at radius 1 is 1.07 bits per heavy atom. The van der Waals surface area contributed by atoms with Gasteiger partial charge in [-0.2, -0.15) is 5.10 Å². The Morgan fingerprint density at radius 3 is 2.43 bits per heavy atom. The first-order valence-electron chi connectivity index (χ1n) is 8.62. The number of hydrogen-bond donors (Lipinski definition) is 1. The van der Waals surface area contributed by atoms with Crippen molar-refractivity contribution in [2.75, 3.05) is 0 Å². The van der Waals surface area contributed by atoms with Crippen LogP contribution in [-0.4, -0.2) is 23.0 Å². The van der Waals surface area contributed by atoms with Gasteiger partial charge in [0.25, 0.3) is 11.6 Å². The van der Waals surface area contributed by atoms with Crippen LogP contribution in [0.2, 0.25) is 0 Å². The minimum atomic E-state index is -0.553. The number of amides is 1. The van der Waals surface area contributed by atoms with Crippen LogP contribution in [0.15, 0.2) is 82.5 Å². The van der Waals surface area contributed by atoms with Crippen LogP contribution in [0.5, 0.6) is 5.75 Å². The Balaban J connectivity index is 1.51. The molecule has 30 heavy (non-hydrogen) atoms. The molecule has 0 aliphatic rings. The molecule has 1 N–H and O–H groups in total. The number of ether oxygens (including phenoxy) is 1. The Labute approximate surface area is 170 Å². The Hall–Kier alpha value is -4.53. The number of non-ortho nitro benzene ring substituents is 1. The molecule has 9 heteroatoms. The Bertz CT molecular complexity index is 1080. The van der Waals surface area contributed by atoms with Gasteiger partial charge in [0.2, 0.25) is 0 Å². The molecule has 1 heterocycles. The minimum absolute atomic E-state index is 0.104. The zero-order valence-electron chi connectivity index (χ0n) is 15.4. The molecule has 0 aliphatic carbocycles. The molecule has 3 aromatic rings. The van der Waals surface area contributed by atoms with Gasteiger partial charge in [-0.25, -0.2) is 10.2 Å². The van der Waals surface area contributed by atoms with Crippen molar-refractivity contribution in [3.8, 4) is 5.75 Å². The van der Waals surface area contributed by atoms with E-state index < -0.39 is 16.8 Å².